The lowest BCUT2D eigenvalue weighted by atomic mass is 10.00. The van der Waals surface area contributed by atoms with Crippen molar-refractivity contribution in [2.24, 2.45) is 0 Å². The van der Waals surface area contributed by atoms with Gasteiger partial charge in [0.05, 0.1) is 12.0 Å². The summed E-state index contributed by atoms with van der Waals surface area (Å²) in [6, 6.07) is 8.57. The van der Waals surface area contributed by atoms with Crippen molar-refractivity contribution >= 4 is 23.2 Å². The lowest BCUT2D eigenvalue weighted by Crippen LogP contribution is -2.36. The van der Waals surface area contributed by atoms with Crippen LogP contribution in [0.15, 0.2) is 55.1 Å². The second-order valence-electron chi connectivity index (χ2n) is 7.13. The van der Waals surface area contributed by atoms with Crippen molar-refractivity contribution in [3.8, 4) is 0 Å². The molecule has 0 unspecified atom stereocenters. The Balaban J connectivity index is 1.49. The van der Waals surface area contributed by atoms with E-state index in [4.69, 9.17) is 0 Å². The average molecular weight is 410 g/mol. The maximum absolute atomic E-state index is 14.1. The highest BCUT2D eigenvalue weighted by Gasteiger charge is 2.26. The summed E-state index contributed by atoms with van der Waals surface area (Å²) in [6.07, 6.45) is 6.35. The number of hydrogen-bond donors (Lipinski definition) is 1. The molecule has 0 bridgehead atoms. The standard InChI is InChI=1S/C22H20F2N4O2/c23-16-12-19(24)18-5-2-8-28(20(18)13-16)22(30)15-3-1-4-17(11-15)26-21(29)6-9-27-10-7-25-14-27/h1,3-4,7,10-14H,2,5-6,8-9H2,(H,26,29). The van der Waals surface area contributed by atoms with E-state index in [1.807, 2.05) is 0 Å². The molecule has 1 aliphatic heterocycles. The van der Waals surface area contributed by atoms with E-state index in [0.29, 0.717) is 42.7 Å². The van der Waals surface area contributed by atoms with Crippen molar-refractivity contribution in [1.29, 1.82) is 0 Å². The largest absolute Gasteiger partial charge is 0.337 e. The van der Waals surface area contributed by atoms with Crippen LogP contribution in [0.5, 0.6) is 0 Å². The Morgan fingerprint density at radius 1 is 1.17 bits per heavy atom. The molecule has 3 aromatic rings. The third-order valence-corrected chi connectivity index (χ3v) is 5.03. The topological polar surface area (TPSA) is 67.2 Å². The minimum absolute atomic E-state index is 0.194. The third-order valence-electron chi connectivity index (χ3n) is 5.03. The highest BCUT2D eigenvalue weighted by atomic mass is 19.1. The second kappa shape index (κ2) is 8.44. The SMILES string of the molecule is O=C(CCn1ccnc1)Nc1cccc(C(=O)N2CCCc3c(F)cc(F)cc32)c1. The van der Waals surface area contributed by atoms with Gasteiger partial charge < -0.3 is 14.8 Å². The molecule has 0 fully saturated rings. The number of nitrogens with zero attached hydrogens (tertiary/aromatic N) is 3. The first kappa shape index (κ1) is 19.8. The molecule has 2 heterocycles. The molecule has 30 heavy (non-hydrogen) atoms. The molecule has 8 heteroatoms. The third kappa shape index (κ3) is 4.22. The molecule has 4 rings (SSSR count). The van der Waals surface area contributed by atoms with Gasteiger partial charge in [0.15, 0.2) is 0 Å². The molecule has 0 radical (unpaired) electrons. The van der Waals surface area contributed by atoms with Crippen LogP contribution in [-0.2, 0) is 17.8 Å². The van der Waals surface area contributed by atoms with Crippen LogP contribution in [-0.4, -0.2) is 27.9 Å². The average Bonchev–Trinajstić information content (AvgIpc) is 3.25. The fourth-order valence-electron chi connectivity index (χ4n) is 3.58. The molecule has 1 N–H and O–H groups in total. The van der Waals surface area contributed by atoms with Crippen molar-refractivity contribution in [3.63, 3.8) is 0 Å². The van der Waals surface area contributed by atoms with E-state index in [1.165, 1.54) is 11.0 Å². The smallest absolute Gasteiger partial charge is 0.258 e. The predicted molar refractivity (Wildman–Crippen MR) is 108 cm³/mol. The van der Waals surface area contributed by atoms with Crippen LogP contribution in [0.3, 0.4) is 0 Å². The zero-order chi connectivity index (χ0) is 21.1. The van der Waals surface area contributed by atoms with Crippen molar-refractivity contribution in [3.05, 3.63) is 77.9 Å². The van der Waals surface area contributed by atoms with Crippen LogP contribution >= 0.6 is 0 Å². The molecule has 1 aliphatic rings. The van der Waals surface area contributed by atoms with Crippen LogP contribution in [0.2, 0.25) is 0 Å². The zero-order valence-corrected chi connectivity index (χ0v) is 16.1. The molecule has 0 saturated carbocycles. The van der Waals surface area contributed by atoms with E-state index in [9.17, 15) is 18.4 Å². The summed E-state index contributed by atoms with van der Waals surface area (Å²) >= 11 is 0. The van der Waals surface area contributed by atoms with Gasteiger partial charge >= 0.3 is 0 Å². The summed E-state index contributed by atoms with van der Waals surface area (Å²) in [6.45, 7) is 0.863. The van der Waals surface area contributed by atoms with Crippen LogP contribution < -0.4 is 10.2 Å². The second-order valence-corrected chi connectivity index (χ2v) is 7.13. The van der Waals surface area contributed by atoms with Gasteiger partial charge in [-0.1, -0.05) is 6.07 Å². The number of fused-ring (bicyclic) bond motifs is 1. The Hall–Kier alpha value is -3.55. The van der Waals surface area contributed by atoms with Gasteiger partial charge in [-0.25, -0.2) is 13.8 Å². The molecule has 2 amide bonds. The van der Waals surface area contributed by atoms with Crippen LogP contribution in [0, 0.1) is 11.6 Å². The van der Waals surface area contributed by atoms with Gasteiger partial charge in [-0.3, -0.25) is 9.59 Å². The minimum atomic E-state index is -0.718. The van der Waals surface area contributed by atoms with Crippen molar-refractivity contribution in [1.82, 2.24) is 9.55 Å². The first-order valence-electron chi connectivity index (χ1n) is 9.67. The van der Waals surface area contributed by atoms with Crippen LogP contribution in [0.1, 0.15) is 28.8 Å². The lowest BCUT2D eigenvalue weighted by molar-refractivity contribution is -0.116. The number of nitrogens with one attached hydrogen (secondary N) is 1. The number of aromatic nitrogens is 2. The molecule has 154 valence electrons. The Kier molecular flexibility index (Phi) is 5.56. The number of carbonyl (C=O) groups is 2. The number of rotatable bonds is 5. The zero-order valence-electron chi connectivity index (χ0n) is 16.1. The number of benzene rings is 2. The number of amides is 2. The van der Waals surface area contributed by atoms with Gasteiger partial charge in [0.1, 0.15) is 11.6 Å². The van der Waals surface area contributed by atoms with Crippen LogP contribution in [0.4, 0.5) is 20.2 Å². The number of anilines is 2. The fourth-order valence-corrected chi connectivity index (χ4v) is 3.58. The first-order chi connectivity index (χ1) is 14.5. The summed E-state index contributed by atoms with van der Waals surface area (Å²) in [5.41, 5.74) is 1.43. The van der Waals surface area contributed by atoms with Crippen molar-refractivity contribution < 1.29 is 18.4 Å². The molecule has 2 aromatic carbocycles. The molecule has 0 atom stereocenters. The highest BCUT2D eigenvalue weighted by molar-refractivity contribution is 6.07. The molecule has 0 spiro atoms. The van der Waals surface area contributed by atoms with Gasteiger partial charge in [-0.05, 0) is 37.1 Å². The van der Waals surface area contributed by atoms with Gasteiger partial charge in [-0.2, -0.15) is 0 Å². The van der Waals surface area contributed by atoms with Gasteiger partial charge in [-0.15, -0.1) is 0 Å². The summed E-state index contributed by atoms with van der Waals surface area (Å²) in [7, 11) is 0. The normalized spacial score (nSPS) is 13.1. The number of aryl methyl sites for hydroxylation is 1. The van der Waals surface area contributed by atoms with Gasteiger partial charge in [0.2, 0.25) is 5.91 Å². The molecular weight excluding hydrogens is 390 g/mol. The molecular formula is C22H20F2N4O2. The predicted octanol–water partition coefficient (Wildman–Crippen LogP) is 3.78. The molecule has 6 nitrogen and oxygen atoms in total. The summed E-state index contributed by atoms with van der Waals surface area (Å²) in [5, 5.41) is 2.78. The fraction of sp³-hybridized carbons (Fsp3) is 0.227. The van der Waals surface area contributed by atoms with Crippen LogP contribution in [0.25, 0.3) is 0 Å². The Labute approximate surface area is 172 Å². The monoisotopic (exact) mass is 410 g/mol. The highest BCUT2D eigenvalue weighted by Crippen LogP contribution is 2.31. The molecule has 1 aromatic heterocycles. The Morgan fingerprint density at radius 2 is 2.03 bits per heavy atom. The van der Waals surface area contributed by atoms with Crippen molar-refractivity contribution in [2.45, 2.75) is 25.8 Å². The lowest BCUT2D eigenvalue weighted by Gasteiger charge is -2.30. The number of halogens is 2. The van der Waals surface area contributed by atoms with E-state index >= 15 is 0 Å². The quantitative estimate of drug-likeness (QED) is 0.696. The molecule has 0 aliphatic carbocycles. The van der Waals surface area contributed by atoms with E-state index in [1.54, 1.807) is 47.6 Å². The Morgan fingerprint density at radius 3 is 2.83 bits per heavy atom. The van der Waals surface area contributed by atoms with Gasteiger partial charge in [0, 0.05) is 54.8 Å². The number of carbonyl (C=O) groups excluding carboxylic acids is 2. The summed E-state index contributed by atoms with van der Waals surface area (Å²) in [4.78, 5) is 30.6. The number of hydrogen-bond acceptors (Lipinski definition) is 3. The van der Waals surface area contributed by atoms with E-state index in [-0.39, 0.29) is 23.9 Å². The minimum Gasteiger partial charge on any atom is -0.337 e. The van der Waals surface area contributed by atoms with E-state index < -0.39 is 11.6 Å². The summed E-state index contributed by atoms with van der Waals surface area (Å²) < 4.78 is 29.7. The first-order valence-corrected chi connectivity index (χ1v) is 9.67. The Bertz CT molecular complexity index is 1080. The van der Waals surface area contributed by atoms with E-state index in [2.05, 4.69) is 10.3 Å². The van der Waals surface area contributed by atoms with Crippen molar-refractivity contribution in [2.75, 3.05) is 16.8 Å². The maximum atomic E-state index is 14.1. The number of imidazole rings is 1. The summed E-state index contributed by atoms with van der Waals surface area (Å²) in [5.74, 6) is -1.91. The maximum Gasteiger partial charge on any atom is 0.258 e. The van der Waals surface area contributed by atoms with Gasteiger partial charge in [0.25, 0.3) is 5.91 Å². The van der Waals surface area contributed by atoms with E-state index in [0.717, 1.165) is 6.07 Å². The molecule has 0 saturated heterocycles.